The van der Waals surface area contributed by atoms with Gasteiger partial charge in [0.05, 0.1) is 12.5 Å². The molecule has 0 aromatic carbocycles. The van der Waals surface area contributed by atoms with E-state index in [-0.39, 0.29) is 11.8 Å². The summed E-state index contributed by atoms with van der Waals surface area (Å²) in [6.07, 6.45) is 2.09. The highest BCUT2D eigenvalue weighted by molar-refractivity contribution is 7.86. The number of hydrogen-bond acceptors (Lipinski definition) is 4. The van der Waals surface area contributed by atoms with Gasteiger partial charge >= 0.3 is 21.3 Å². The van der Waals surface area contributed by atoms with Crippen LogP contribution in [-0.4, -0.2) is 37.0 Å². The van der Waals surface area contributed by atoms with Crippen molar-refractivity contribution in [3.05, 3.63) is 0 Å². The van der Waals surface area contributed by atoms with Gasteiger partial charge in [-0.2, -0.15) is 17.2 Å². The number of halogens is 3. The summed E-state index contributed by atoms with van der Waals surface area (Å²) >= 11 is 0. The molecule has 1 N–H and O–H groups in total. The SMILES string of the molecule is O=C(OCCC(F)C(F)(F)S(=O)(=O)O)C1CC2CC3CCC1C(C3)C2. The Bertz CT molecular complexity index is 617. The quantitative estimate of drug-likeness (QED) is 0.562. The van der Waals surface area contributed by atoms with Crippen LogP contribution in [0, 0.1) is 29.6 Å². The zero-order chi connectivity index (χ0) is 18.4. The minimum Gasteiger partial charge on any atom is -0.465 e. The maximum absolute atomic E-state index is 13.4. The Kier molecular flexibility index (Phi) is 5.09. The summed E-state index contributed by atoms with van der Waals surface area (Å²) < 4.78 is 74.0. The molecule has 9 heteroatoms. The fourth-order valence-corrected chi connectivity index (χ4v) is 5.53. The Morgan fingerprint density at radius 1 is 1.16 bits per heavy atom. The first-order valence-electron chi connectivity index (χ1n) is 8.75. The lowest BCUT2D eigenvalue weighted by Gasteiger charge is -2.51. The maximum atomic E-state index is 13.4. The van der Waals surface area contributed by atoms with Crippen LogP contribution in [0.4, 0.5) is 13.2 Å². The molecule has 0 spiro atoms. The van der Waals surface area contributed by atoms with E-state index >= 15 is 0 Å². The van der Waals surface area contributed by atoms with Gasteiger partial charge in [0.15, 0.2) is 6.17 Å². The minimum atomic E-state index is -5.84. The van der Waals surface area contributed by atoms with Crippen molar-refractivity contribution in [3.63, 3.8) is 0 Å². The summed E-state index contributed by atoms with van der Waals surface area (Å²) in [5, 5.41) is -4.90. The molecule has 0 aromatic heterocycles. The van der Waals surface area contributed by atoms with Crippen molar-refractivity contribution in [1.82, 2.24) is 0 Å². The van der Waals surface area contributed by atoms with Crippen LogP contribution in [0.15, 0.2) is 0 Å². The highest BCUT2D eigenvalue weighted by Gasteiger charge is 2.52. The number of hydrogen-bond donors (Lipinski definition) is 1. The van der Waals surface area contributed by atoms with Gasteiger partial charge in [-0.3, -0.25) is 9.35 Å². The molecule has 25 heavy (non-hydrogen) atoms. The molecule has 0 saturated heterocycles. The minimum absolute atomic E-state index is 0.251. The maximum Gasteiger partial charge on any atom is 0.400 e. The summed E-state index contributed by atoms with van der Waals surface area (Å²) in [6, 6.07) is 0. The van der Waals surface area contributed by atoms with Crippen molar-refractivity contribution in [3.8, 4) is 0 Å². The van der Waals surface area contributed by atoms with Crippen LogP contribution < -0.4 is 0 Å². The third-order valence-corrected chi connectivity index (χ3v) is 7.13. The third-order valence-electron chi connectivity index (χ3n) is 6.18. The Morgan fingerprint density at radius 3 is 2.52 bits per heavy atom. The number of esters is 1. The van der Waals surface area contributed by atoms with E-state index < -0.39 is 40.5 Å². The molecule has 6 atom stereocenters. The van der Waals surface area contributed by atoms with E-state index in [0.717, 1.165) is 44.4 Å². The van der Waals surface area contributed by atoms with Crippen molar-refractivity contribution in [2.24, 2.45) is 29.6 Å². The first-order valence-corrected chi connectivity index (χ1v) is 10.2. The van der Waals surface area contributed by atoms with Crippen LogP contribution in [0.3, 0.4) is 0 Å². The number of carbonyl (C=O) groups excluding carboxylic acids is 1. The fraction of sp³-hybridized carbons (Fsp3) is 0.938. The molecule has 144 valence electrons. The molecule has 0 radical (unpaired) electrons. The lowest BCUT2D eigenvalue weighted by molar-refractivity contribution is -0.158. The summed E-state index contributed by atoms with van der Waals surface area (Å²) in [5.41, 5.74) is 0. The number of fused-ring (bicyclic) bond motifs is 2. The molecule has 5 nitrogen and oxygen atoms in total. The van der Waals surface area contributed by atoms with Crippen LogP contribution in [0.5, 0.6) is 0 Å². The molecule has 0 aliphatic heterocycles. The van der Waals surface area contributed by atoms with Gasteiger partial charge in [0.25, 0.3) is 0 Å². The van der Waals surface area contributed by atoms with Gasteiger partial charge in [-0.15, -0.1) is 0 Å². The van der Waals surface area contributed by atoms with E-state index in [1.165, 1.54) is 0 Å². The second-order valence-electron chi connectivity index (χ2n) is 7.74. The van der Waals surface area contributed by atoms with E-state index in [0.29, 0.717) is 11.8 Å². The summed E-state index contributed by atoms with van der Waals surface area (Å²) in [7, 11) is -5.84. The highest BCUT2D eigenvalue weighted by atomic mass is 32.2. The van der Waals surface area contributed by atoms with Gasteiger partial charge in [-0.05, 0) is 55.8 Å². The summed E-state index contributed by atoms with van der Waals surface area (Å²) in [4.78, 5) is 12.3. The smallest absolute Gasteiger partial charge is 0.400 e. The average Bonchev–Trinajstić information content (AvgIpc) is 2.50. The Balaban J connectivity index is 1.53. The van der Waals surface area contributed by atoms with Crippen molar-refractivity contribution < 1.29 is 35.7 Å². The monoisotopic (exact) mass is 384 g/mol. The van der Waals surface area contributed by atoms with Crippen molar-refractivity contribution >= 4 is 16.1 Å². The molecule has 3 bridgehead atoms. The van der Waals surface area contributed by atoms with Crippen LogP contribution in [0.25, 0.3) is 0 Å². The van der Waals surface area contributed by atoms with Crippen molar-refractivity contribution in [2.45, 2.75) is 56.4 Å². The highest BCUT2D eigenvalue weighted by Crippen LogP contribution is 2.54. The summed E-state index contributed by atoms with van der Waals surface area (Å²) in [6.45, 7) is -0.633. The molecule has 6 unspecified atom stereocenters. The molecular weight excluding hydrogens is 361 g/mol. The first-order chi connectivity index (χ1) is 11.6. The molecule has 3 rings (SSSR count). The van der Waals surface area contributed by atoms with Gasteiger partial charge in [0.2, 0.25) is 0 Å². The number of carbonyl (C=O) groups is 1. The van der Waals surface area contributed by atoms with Gasteiger partial charge in [-0.25, -0.2) is 4.39 Å². The molecule has 3 saturated carbocycles. The van der Waals surface area contributed by atoms with Gasteiger partial charge < -0.3 is 4.74 Å². The van der Waals surface area contributed by atoms with Crippen molar-refractivity contribution in [2.75, 3.05) is 6.61 Å². The zero-order valence-electron chi connectivity index (χ0n) is 13.7. The number of alkyl halides is 3. The molecule has 0 aromatic rings. The molecule has 3 aliphatic rings. The predicted molar refractivity (Wildman–Crippen MR) is 82.1 cm³/mol. The van der Waals surface area contributed by atoms with Crippen molar-refractivity contribution in [1.29, 1.82) is 0 Å². The Labute approximate surface area is 145 Å². The van der Waals surface area contributed by atoms with E-state index in [9.17, 15) is 26.4 Å². The third kappa shape index (κ3) is 3.67. The largest absolute Gasteiger partial charge is 0.465 e. The second kappa shape index (κ2) is 6.72. The standard InChI is InChI=1S/C16H23F3O5S/c17-14(16(18,19)25(21,22)23)3-4-24-15(20)13-8-10-5-9-1-2-12(13)11(6-9)7-10/h9-14H,1-8H2,(H,21,22,23). The van der Waals surface area contributed by atoms with Gasteiger partial charge in [0, 0.05) is 6.42 Å². The molecule has 0 amide bonds. The molecular formula is C16H23F3O5S. The van der Waals surface area contributed by atoms with Crippen LogP contribution in [0.2, 0.25) is 0 Å². The van der Waals surface area contributed by atoms with Gasteiger partial charge in [0.1, 0.15) is 0 Å². The fourth-order valence-electron chi connectivity index (χ4n) is 5.09. The molecule has 3 aliphatic carbocycles. The first kappa shape index (κ1) is 18.9. The second-order valence-corrected chi connectivity index (χ2v) is 9.24. The average molecular weight is 384 g/mol. The van der Waals surface area contributed by atoms with Crippen LogP contribution in [-0.2, 0) is 19.6 Å². The number of rotatable bonds is 6. The van der Waals surface area contributed by atoms with Gasteiger partial charge in [-0.1, -0.05) is 6.42 Å². The number of ether oxygens (including phenoxy) is 1. The lowest BCUT2D eigenvalue weighted by Crippen LogP contribution is -2.45. The molecule has 0 heterocycles. The zero-order valence-corrected chi connectivity index (χ0v) is 14.6. The van der Waals surface area contributed by atoms with E-state index in [4.69, 9.17) is 9.29 Å². The summed E-state index contributed by atoms with van der Waals surface area (Å²) in [5.74, 6) is 1.25. The normalized spacial score (nSPS) is 36.1. The van der Waals surface area contributed by atoms with E-state index in [2.05, 4.69) is 0 Å². The van der Waals surface area contributed by atoms with E-state index in [1.807, 2.05) is 0 Å². The Morgan fingerprint density at radius 2 is 1.84 bits per heavy atom. The Hall–Kier alpha value is -0.830. The predicted octanol–water partition coefficient (Wildman–Crippen LogP) is 3.20. The topological polar surface area (TPSA) is 80.7 Å². The molecule has 3 fully saturated rings. The van der Waals surface area contributed by atoms with E-state index in [1.54, 1.807) is 0 Å². The van der Waals surface area contributed by atoms with Crippen LogP contribution >= 0.6 is 0 Å². The van der Waals surface area contributed by atoms with Crippen LogP contribution in [0.1, 0.15) is 44.9 Å². The lowest BCUT2D eigenvalue weighted by atomic mass is 9.54.